The van der Waals surface area contributed by atoms with Gasteiger partial charge in [-0.25, -0.2) is 4.98 Å². The zero-order valence-electron chi connectivity index (χ0n) is 11.6. The van der Waals surface area contributed by atoms with Crippen molar-refractivity contribution in [3.05, 3.63) is 24.3 Å². The van der Waals surface area contributed by atoms with Gasteiger partial charge in [-0.1, -0.05) is 23.9 Å². The summed E-state index contributed by atoms with van der Waals surface area (Å²) in [4.78, 5) is 15.2. The highest BCUT2D eigenvalue weighted by molar-refractivity contribution is 7.99. The van der Waals surface area contributed by atoms with Gasteiger partial charge in [0.2, 0.25) is 0 Å². The molecule has 0 radical (unpaired) electrons. The fourth-order valence-corrected chi connectivity index (χ4v) is 2.65. The van der Waals surface area contributed by atoms with Crippen LogP contribution in [0.4, 0.5) is 0 Å². The lowest BCUT2D eigenvalue weighted by atomic mass is 10.3. The normalized spacial score (nSPS) is 11.3. The van der Waals surface area contributed by atoms with E-state index in [0.717, 1.165) is 16.2 Å². The van der Waals surface area contributed by atoms with Crippen molar-refractivity contribution < 1.29 is 14.6 Å². The molecule has 5 nitrogen and oxygen atoms in total. The van der Waals surface area contributed by atoms with Crippen LogP contribution in [0.25, 0.3) is 11.0 Å². The number of aromatic nitrogens is 2. The molecular formula is C14H18N2O3S. The molecule has 6 heteroatoms. The second-order valence-corrected chi connectivity index (χ2v) is 5.58. The van der Waals surface area contributed by atoms with Crippen molar-refractivity contribution >= 4 is 28.8 Å². The Bertz CT molecular complexity index is 595. The van der Waals surface area contributed by atoms with Crippen molar-refractivity contribution in [1.82, 2.24) is 9.55 Å². The van der Waals surface area contributed by atoms with Crippen LogP contribution in [0, 0.1) is 0 Å². The molecule has 0 aliphatic rings. The number of aliphatic carboxylic acids is 1. The van der Waals surface area contributed by atoms with Gasteiger partial charge in [-0.3, -0.25) is 4.79 Å². The number of thioether (sulfide) groups is 1. The van der Waals surface area contributed by atoms with Gasteiger partial charge < -0.3 is 14.4 Å². The molecule has 2 aromatic rings. The lowest BCUT2D eigenvalue weighted by Gasteiger charge is -2.10. The molecule has 108 valence electrons. The number of hydrogen-bond acceptors (Lipinski definition) is 4. The fourth-order valence-electron chi connectivity index (χ4n) is 1.89. The summed E-state index contributed by atoms with van der Waals surface area (Å²) in [7, 11) is 0. The number of carboxylic acids is 1. The first-order valence-electron chi connectivity index (χ1n) is 6.49. The molecule has 0 amide bonds. The van der Waals surface area contributed by atoms with Gasteiger partial charge in [0, 0.05) is 6.54 Å². The number of benzene rings is 1. The van der Waals surface area contributed by atoms with E-state index < -0.39 is 5.97 Å². The summed E-state index contributed by atoms with van der Waals surface area (Å²) in [5.74, 6) is -0.832. The Hall–Kier alpha value is -1.53. The van der Waals surface area contributed by atoms with Crippen molar-refractivity contribution in [3.8, 4) is 0 Å². The summed E-state index contributed by atoms with van der Waals surface area (Å²) in [5.41, 5.74) is 1.89. The van der Waals surface area contributed by atoms with E-state index in [-0.39, 0.29) is 11.9 Å². The molecule has 0 fully saturated rings. The Kier molecular flexibility index (Phi) is 5.03. The van der Waals surface area contributed by atoms with Crippen molar-refractivity contribution in [3.63, 3.8) is 0 Å². The number of carbonyl (C=O) groups is 1. The quantitative estimate of drug-likeness (QED) is 0.795. The number of para-hydroxylation sites is 2. The summed E-state index contributed by atoms with van der Waals surface area (Å²) in [6.45, 7) is 5.23. The van der Waals surface area contributed by atoms with Crippen LogP contribution >= 0.6 is 11.8 Å². The maximum absolute atomic E-state index is 10.7. The first-order chi connectivity index (χ1) is 9.58. The Labute approximate surface area is 121 Å². The fraction of sp³-hybridized carbons (Fsp3) is 0.429. The highest BCUT2D eigenvalue weighted by atomic mass is 32.2. The molecule has 0 bridgehead atoms. The van der Waals surface area contributed by atoms with E-state index in [1.54, 1.807) is 0 Å². The minimum absolute atomic E-state index is 0.00829. The van der Waals surface area contributed by atoms with Gasteiger partial charge in [0.15, 0.2) is 5.16 Å². The smallest absolute Gasteiger partial charge is 0.313 e. The van der Waals surface area contributed by atoms with E-state index in [4.69, 9.17) is 9.84 Å². The molecule has 0 aliphatic carbocycles. The van der Waals surface area contributed by atoms with Crippen LogP contribution in [-0.2, 0) is 16.1 Å². The van der Waals surface area contributed by atoms with E-state index in [1.807, 2.05) is 42.7 Å². The summed E-state index contributed by atoms with van der Waals surface area (Å²) in [5, 5.41) is 9.53. The molecule has 20 heavy (non-hydrogen) atoms. The van der Waals surface area contributed by atoms with Gasteiger partial charge in [0.05, 0.1) is 29.5 Å². The van der Waals surface area contributed by atoms with Gasteiger partial charge in [-0.05, 0) is 26.0 Å². The molecule has 0 saturated heterocycles. The molecule has 0 saturated carbocycles. The molecule has 0 aliphatic heterocycles. The Morgan fingerprint density at radius 1 is 1.45 bits per heavy atom. The van der Waals surface area contributed by atoms with Crippen LogP contribution < -0.4 is 0 Å². The number of carboxylic acid groups (broad SMARTS) is 1. The van der Waals surface area contributed by atoms with Crippen molar-refractivity contribution in [2.75, 3.05) is 12.4 Å². The van der Waals surface area contributed by atoms with Crippen LogP contribution in [0.2, 0.25) is 0 Å². The predicted octanol–water partition coefficient (Wildman–Crippen LogP) is 2.64. The molecule has 0 atom stereocenters. The maximum atomic E-state index is 10.7. The van der Waals surface area contributed by atoms with Crippen LogP contribution in [-0.4, -0.2) is 39.1 Å². The number of imidazole rings is 1. The van der Waals surface area contributed by atoms with Crippen LogP contribution in [0.15, 0.2) is 29.4 Å². The van der Waals surface area contributed by atoms with Gasteiger partial charge in [-0.2, -0.15) is 0 Å². The van der Waals surface area contributed by atoms with E-state index in [2.05, 4.69) is 4.98 Å². The second-order valence-electron chi connectivity index (χ2n) is 4.64. The lowest BCUT2D eigenvalue weighted by Crippen LogP contribution is -2.11. The number of rotatable bonds is 7. The number of fused-ring (bicyclic) bond motifs is 1. The van der Waals surface area contributed by atoms with Gasteiger partial charge in [0.25, 0.3) is 0 Å². The summed E-state index contributed by atoms with van der Waals surface area (Å²) >= 11 is 1.24. The predicted molar refractivity (Wildman–Crippen MR) is 79.2 cm³/mol. The molecule has 1 heterocycles. The van der Waals surface area contributed by atoms with Crippen molar-refractivity contribution in [2.45, 2.75) is 31.7 Å². The zero-order valence-corrected chi connectivity index (χ0v) is 12.4. The highest BCUT2D eigenvalue weighted by Crippen LogP contribution is 2.23. The van der Waals surface area contributed by atoms with E-state index in [9.17, 15) is 4.79 Å². The number of hydrogen-bond donors (Lipinski definition) is 1. The third-order valence-electron chi connectivity index (χ3n) is 2.71. The minimum atomic E-state index is -0.841. The van der Waals surface area contributed by atoms with Gasteiger partial charge in [-0.15, -0.1) is 0 Å². The number of nitrogens with zero attached hydrogens (tertiary/aromatic N) is 2. The second kappa shape index (κ2) is 6.76. The zero-order chi connectivity index (χ0) is 14.5. The molecule has 2 rings (SSSR count). The van der Waals surface area contributed by atoms with Crippen molar-refractivity contribution in [2.24, 2.45) is 0 Å². The largest absolute Gasteiger partial charge is 0.481 e. The van der Waals surface area contributed by atoms with Crippen LogP contribution in [0.5, 0.6) is 0 Å². The van der Waals surface area contributed by atoms with E-state index >= 15 is 0 Å². The van der Waals surface area contributed by atoms with E-state index in [0.29, 0.717) is 13.2 Å². The van der Waals surface area contributed by atoms with Gasteiger partial charge in [0.1, 0.15) is 0 Å². The molecule has 0 spiro atoms. The average molecular weight is 294 g/mol. The topological polar surface area (TPSA) is 64.3 Å². The Morgan fingerprint density at radius 2 is 2.20 bits per heavy atom. The summed E-state index contributed by atoms with van der Waals surface area (Å²) in [6, 6.07) is 7.80. The van der Waals surface area contributed by atoms with Crippen LogP contribution in [0.3, 0.4) is 0 Å². The van der Waals surface area contributed by atoms with Crippen LogP contribution in [0.1, 0.15) is 13.8 Å². The maximum Gasteiger partial charge on any atom is 0.313 e. The molecule has 0 unspecified atom stereocenters. The lowest BCUT2D eigenvalue weighted by molar-refractivity contribution is -0.133. The molecule has 1 aromatic carbocycles. The third kappa shape index (κ3) is 3.74. The monoisotopic (exact) mass is 294 g/mol. The standard InChI is InChI=1S/C14H18N2O3S/c1-10(2)19-8-7-16-12-6-4-3-5-11(12)15-14(16)20-9-13(17)18/h3-6,10H,7-9H2,1-2H3,(H,17,18). The molecule has 1 aromatic heterocycles. The Balaban J connectivity index is 2.22. The first-order valence-corrected chi connectivity index (χ1v) is 7.48. The van der Waals surface area contributed by atoms with E-state index in [1.165, 1.54) is 11.8 Å². The minimum Gasteiger partial charge on any atom is -0.481 e. The molecule has 1 N–H and O–H groups in total. The average Bonchev–Trinajstić information content (AvgIpc) is 2.74. The number of ether oxygens (including phenoxy) is 1. The third-order valence-corrected chi connectivity index (χ3v) is 3.67. The summed E-state index contributed by atoms with van der Waals surface area (Å²) in [6.07, 6.45) is 0.180. The SMILES string of the molecule is CC(C)OCCn1c(SCC(=O)O)nc2ccccc21. The summed E-state index contributed by atoms with van der Waals surface area (Å²) < 4.78 is 7.59. The van der Waals surface area contributed by atoms with Gasteiger partial charge >= 0.3 is 5.97 Å². The Morgan fingerprint density at radius 3 is 2.90 bits per heavy atom. The first kappa shape index (κ1) is 14.9. The van der Waals surface area contributed by atoms with Crippen molar-refractivity contribution in [1.29, 1.82) is 0 Å². The highest BCUT2D eigenvalue weighted by Gasteiger charge is 2.12. The molecular weight excluding hydrogens is 276 g/mol.